The zero-order chi connectivity index (χ0) is 45.8. The van der Waals surface area contributed by atoms with E-state index in [-0.39, 0.29) is 31.1 Å². The Bertz CT molecular complexity index is 1150. The van der Waals surface area contributed by atoms with Crippen LogP contribution in [0.1, 0.15) is 265 Å². The fraction of sp³-hybridized carbons (Fsp3) is 0.772. The van der Waals surface area contributed by atoms with Crippen molar-refractivity contribution in [1.29, 1.82) is 0 Å². The maximum Gasteiger partial charge on any atom is 0.306 e. The fourth-order valence-electron chi connectivity index (χ4n) is 7.49. The van der Waals surface area contributed by atoms with Crippen molar-refractivity contribution < 1.29 is 28.6 Å². The Kier molecular flexibility index (Phi) is 49.4. The van der Waals surface area contributed by atoms with Gasteiger partial charge in [-0.05, 0) is 83.5 Å². The van der Waals surface area contributed by atoms with Crippen LogP contribution in [0.25, 0.3) is 0 Å². The first-order chi connectivity index (χ1) is 31.0. The quantitative estimate of drug-likeness (QED) is 0.0262. The molecule has 0 aromatic carbocycles. The van der Waals surface area contributed by atoms with Crippen molar-refractivity contribution in [3.63, 3.8) is 0 Å². The highest BCUT2D eigenvalue weighted by Crippen LogP contribution is 2.15. The lowest BCUT2D eigenvalue weighted by Crippen LogP contribution is -2.30. The van der Waals surface area contributed by atoms with Gasteiger partial charge in [-0.25, -0.2) is 0 Å². The molecule has 6 nitrogen and oxygen atoms in total. The smallest absolute Gasteiger partial charge is 0.306 e. The highest BCUT2D eigenvalue weighted by molar-refractivity contribution is 5.71. The van der Waals surface area contributed by atoms with Crippen LogP contribution in [0, 0.1) is 0 Å². The number of hydrogen-bond donors (Lipinski definition) is 0. The monoisotopic (exact) mass is 881 g/mol. The summed E-state index contributed by atoms with van der Waals surface area (Å²) in [4.78, 5) is 38.0. The van der Waals surface area contributed by atoms with Crippen molar-refractivity contribution in [3.05, 3.63) is 60.8 Å². The van der Waals surface area contributed by atoms with Crippen LogP contribution in [-0.4, -0.2) is 37.2 Å². The Morgan fingerprint density at radius 1 is 0.333 bits per heavy atom. The van der Waals surface area contributed by atoms with E-state index in [1.54, 1.807) is 0 Å². The van der Waals surface area contributed by atoms with Crippen molar-refractivity contribution >= 4 is 17.9 Å². The molecule has 0 bridgehead atoms. The van der Waals surface area contributed by atoms with Crippen molar-refractivity contribution in [1.82, 2.24) is 0 Å². The number of carbonyl (C=O) groups is 3. The van der Waals surface area contributed by atoms with Crippen molar-refractivity contribution in [3.8, 4) is 0 Å². The summed E-state index contributed by atoms with van der Waals surface area (Å²) >= 11 is 0. The average Bonchev–Trinajstić information content (AvgIpc) is 3.28. The predicted octanol–water partition coefficient (Wildman–Crippen LogP) is 17.6. The van der Waals surface area contributed by atoms with Crippen LogP contribution in [0.3, 0.4) is 0 Å². The highest BCUT2D eigenvalue weighted by atomic mass is 16.6. The fourth-order valence-corrected chi connectivity index (χ4v) is 7.49. The largest absolute Gasteiger partial charge is 0.462 e. The molecule has 0 aliphatic carbocycles. The molecule has 364 valence electrons. The minimum Gasteiger partial charge on any atom is -0.462 e. The van der Waals surface area contributed by atoms with Crippen LogP contribution in [0.4, 0.5) is 0 Å². The Hall–Kier alpha value is -2.89. The van der Waals surface area contributed by atoms with Gasteiger partial charge in [0.1, 0.15) is 13.2 Å². The maximum absolute atomic E-state index is 12.8. The van der Waals surface area contributed by atoms with Gasteiger partial charge < -0.3 is 14.2 Å². The van der Waals surface area contributed by atoms with Crippen LogP contribution in [-0.2, 0) is 28.6 Å². The van der Waals surface area contributed by atoms with Crippen LogP contribution in [0.5, 0.6) is 0 Å². The van der Waals surface area contributed by atoms with Crippen LogP contribution in [0.2, 0.25) is 0 Å². The first-order valence-corrected chi connectivity index (χ1v) is 26.8. The Morgan fingerprint density at radius 3 is 0.984 bits per heavy atom. The van der Waals surface area contributed by atoms with E-state index in [0.29, 0.717) is 19.3 Å². The van der Waals surface area contributed by atoms with Gasteiger partial charge in [-0.2, -0.15) is 0 Å². The summed E-state index contributed by atoms with van der Waals surface area (Å²) in [5.74, 6) is -0.901. The minimum absolute atomic E-state index is 0.0820. The molecule has 0 aliphatic heterocycles. The number of esters is 3. The van der Waals surface area contributed by atoms with E-state index in [4.69, 9.17) is 14.2 Å². The Labute approximate surface area is 390 Å². The molecule has 1 unspecified atom stereocenters. The predicted molar refractivity (Wildman–Crippen MR) is 270 cm³/mol. The second-order valence-electron chi connectivity index (χ2n) is 17.8. The summed E-state index contributed by atoms with van der Waals surface area (Å²) in [6.07, 6.45) is 63.4. The molecule has 0 saturated carbocycles. The van der Waals surface area contributed by atoms with Crippen molar-refractivity contribution in [2.75, 3.05) is 13.2 Å². The second kappa shape index (κ2) is 51.7. The van der Waals surface area contributed by atoms with Gasteiger partial charge in [-0.1, -0.05) is 223 Å². The molecule has 0 heterocycles. The van der Waals surface area contributed by atoms with Gasteiger partial charge in [0.15, 0.2) is 6.10 Å². The maximum atomic E-state index is 12.8. The van der Waals surface area contributed by atoms with E-state index < -0.39 is 6.10 Å². The lowest BCUT2D eigenvalue weighted by Gasteiger charge is -2.18. The number of allylic oxidation sites excluding steroid dienone is 10. The number of unbranched alkanes of at least 4 members (excludes halogenated alkanes) is 27. The van der Waals surface area contributed by atoms with E-state index in [1.165, 1.54) is 116 Å². The number of ether oxygens (including phenoxy) is 3. The summed E-state index contributed by atoms with van der Waals surface area (Å²) in [7, 11) is 0. The molecule has 0 fully saturated rings. The lowest BCUT2D eigenvalue weighted by atomic mass is 10.0. The van der Waals surface area contributed by atoms with Gasteiger partial charge in [-0.15, -0.1) is 0 Å². The molecule has 0 aliphatic rings. The number of carbonyl (C=O) groups excluding carboxylic acids is 3. The second-order valence-corrected chi connectivity index (χ2v) is 17.8. The van der Waals surface area contributed by atoms with Gasteiger partial charge in [-0.3, -0.25) is 14.4 Å². The molecule has 0 aromatic heterocycles. The topological polar surface area (TPSA) is 78.9 Å². The Balaban J connectivity index is 4.39. The Morgan fingerprint density at radius 2 is 0.619 bits per heavy atom. The zero-order valence-corrected chi connectivity index (χ0v) is 41.6. The van der Waals surface area contributed by atoms with Gasteiger partial charge in [0.25, 0.3) is 0 Å². The van der Waals surface area contributed by atoms with E-state index in [0.717, 1.165) is 109 Å². The highest BCUT2D eigenvalue weighted by Gasteiger charge is 2.19. The van der Waals surface area contributed by atoms with E-state index in [9.17, 15) is 14.4 Å². The van der Waals surface area contributed by atoms with Gasteiger partial charge in [0, 0.05) is 19.3 Å². The lowest BCUT2D eigenvalue weighted by molar-refractivity contribution is -0.167. The van der Waals surface area contributed by atoms with Crippen molar-refractivity contribution in [2.24, 2.45) is 0 Å². The first kappa shape index (κ1) is 60.1. The molecular weight excluding hydrogens is 781 g/mol. The third kappa shape index (κ3) is 50.0. The molecule has 0 rings (SSSR count). The average molecular weight is 881 g/mol. The summed E-state index contributed by atoms with van der Waals surface area (Å²) < 4.78 is 16.8. The summed E-state index contributed by atoms with van der Waals surface area (Å²) in [5.41, 5.74) is 0. The third-order valence-corrected chi connectivity index (χ3v) is 11.5. The molecule has 1 atom stereocenters. The summed E-state index contributed by atoms with van der Waals surface area (Å²) in [6, 6.07) is 0. The van der Waals surface area contributed by atoms with Gasteiger partial charge in [0.05, 0.1) is 0 Å². The van der Waals surface area contributed by atoms with Crippen molar-refractivity contribution in [2.45, 2.75) is 271 Å². The molecule has 0 saturated heterocycles. The molecule has 0 amide bonds. The summed E-state index contributed by atoms with van der Waals surface area (Å²) in [6.45, 7) is 6.50. The summed E-state index contributed by atoms with van der Waals surface area (Å²) in [5, 5.41) is 0. The van der Waals surface area contributed by atoms with Crippen LogP contribution >= 0.6 is 0 Å². The van der Waals surface area contributed by atoms with E-state index in [2.05, 4.69) is 81.5 Å². The van der Waals surface area contributed by atoms with E-state index in [1.807, 2.05) is 0 Å². The van der Waals surface area contributed by atoms with Crippen LogP contribution in [0.15, 0.2) is 60.8 Å². The van der Waals surface area contributed by atoms with E-state index >= 15 is 0 Å². The van der Waals surface area contributed by atoms with Crippen LogP contribution < -0.4 is 0 Å². The molecule has 0 spiro atoms. The standard InChI is InChI=1S/C57H100O6/c1-4-7-10-13-16-19-22-25-27-28-29-31-32-35-38-41-44-47-50-56(59)62-53-54(52-61-55(58)49-46-43-40-37-34-24-21-18-15-12-9-6-3)63-57(60)51-48-45-42-39-36-33-30-26-23-20-17-14-11-8-5-2/h8,11,17,19-20,22,26-28,30,54H,4-7,9-10,12-16,18,21,23-25,29,31-53H2,1-3H3/b11-8-,20-17-,22-19-,28-27-,30-26-. The number of rotatable bonds is 48. The molecule has 0 aromatic rings. The van der Waals surface area contributed by atoms with Gasteiger partial charge in [0.2, 0.25) is 0 Å². The molecule has 6 heteroatoms. The molecule has 63 heavy (non-hydrogen) atoms. The minimum atomic E-state index is -0.784. The normalized spacial score (nSPS) is 12.5. The third-order valence-electron chi connectivity index (χ3n) is 11.5. The zero-order valence-electron chi connectivity index (χ0n) is 41.6. The first-order valence-electron chi connectivity index (χ1n) is 26.8. The van der Waals surface area contributed by atoms with Gasteiger partial charge >= 0.3 is 17.9 Å². The molecule has 0 radical (unpaired) electrons. The number of hydrogen-bond acceptors (Lipinski definition) is 6. The molecule has 0 N–H and O–H groups in total. The molecular formula is C57H100O6. The SMILES string of the molecule is CC/C=C\C/C=C\C/C=C\CCCCCCCC(=O)OC(COC(=O)CCCCCCCCC/C=C\C/C=C\CCCCCC)COC(=O)CCCCCCCCCCCCCC.